The van der Waals surface area contributed by atoms with Crippen molar-refractivity contribution in [1.82, 2.24) is 4.31 Å². The smallest absolute Gasteiger partial charge is 0.271 e. The molecule has 1 fully saturated rings. The van der Waals surface area contributed by atoms with Gasteiger partial charge in [-0.05, 0) is 6.07 Å². The molecule has 1 atom stereocenters. The van der Waals surface area contributed by atoms with Gasteiger partial charge in [0.25, 0.3) is 5.69 Å². The second kappa shape index (κ2) is 6.18. The van der Waals surface area contributed by atoms with E-state index in [-0.39, 0.29) is 21.5 Å². The quantitative estimate of drug-likeness (QED) is 0.480. The van der Waals surface area contributed by atoms with E-state index in [1.807, 2.05) is 6.92 Å². The number of benzene rings is 1. The fourth-order valence-electron chi connectivity index (χ4n) is 2.11. The first-order chi connectivity index (χ1) is 9.86. The molecule has 1 aromatic carbocycles. The van der Waals surface area contributed by atoms with Crippen LogP contribution in [0.15, 0.2) is 23.1 Å². The summed E-state index contributed by atoms with van der Waals surface area (Å²) in [6.45, 7) is 2.79. The molecule has 1 aliphatic rings. The van der Waals surface area contributed by atoms with Crippen molar-refractivity contribution in [2.24, 2.45) is 5.84 Å². The Hall–Kier alpha value is -1.36. The van der Waals surface area contributed by atoms with Gasteiger partial charge in [-0.15, -0.1) is 0 Å². The van der Waals surface area contributed by atoms with Crippen LogP contribution in [0.3, 0.4) is 0 Å². The van der Waals surface area contributed by atoms with Gasteiger partial charge in [0.05, 0.1) is 10.6 Å². The van der Waals surface area contributed by atoms with Crippen molar-refractivity contribution in [3.05, 3.63) is 28.3 Å². The molecule has 116 valence electrons. The fraction of sp³-hybridized carbons (Fsp3) is 0.455. The van der Waals surface area contributed by atoms with Crippen molar-refractivity contribution in [2.45, 2.75) is 17.1 Å². The molecule has 0 aliphatic carbocycles. The molecular formula is C11H16N4O4S2. The van der Waals surface area contributed by atoms with Crippen molar-refractivity contribution in [1.29, 1.82) is 0 Å². The number of hydrogen-bond acceptors (Lipinski definition) is 7. The number of nitrogens with one attached hydrogen (secondary N) is 1. The summed E-state index contributed by atoms with van der Waals surface area (Å²) in [6.07, 6.45) is 0. The van der Waals surface area contributed by atoms with Crippen molar-refractivity contribution in [3.63, 3.8) is 0 Å². The minimum atomic E-state index is -3.73. The zero-order valence-corrected chi connectivity index (χ0v) is 13.0. The summed E-state index contributed by atoms with van der Waals surface area (Å²) >= 11 is 1.71. The van der Waals surface area contributed by atoms with Gasteiger partial charge in [0, 0.05) is 36.2 Å². The molecule has 1 unspecified atom stereocenters. The number of hydrazine groups is 1. The van der Waals surface area contributed by atoms with Crippen LogP contribution in [-0.2, 0) is 10.0 Å². The monoisotopic (exact) mass is 332 g/mol. The summed E-state index contributed by atoms with van der Waals surface area (Å²) in [5.41, 5.74) is 2.04. The summed E-state index contributed by atoms with van der Waals surface area (Å²) < 4.78 is 26.7. The number of nitro benzene ring substituents is 1. The van der Waals surface area contributed by atoms with Gasteiger partial charge >= 0.3 is 0 Å². The minimum absolute atomic E-state index is 0.0232. The molecule has 8 nitrogen and oxygen atoms in total. The number of nitrogens with zero attached hydrogens (tertiary/aromatic N) is 2. The number of nitro groups is 1. The number of thioether (sulfide) groups is 1. The summed E-state index contributed by atoms with van der Waals surface area (Å²) in [5, 5.41) is 11.0. The second-order valence-electron chi connectivity index (χ2n) is 4.63. The molecule has 21 heavy (non-hydrogen) atoms. The van der Waals surface area contributed by atoms with E-state index in [9.17, 15) is 18.5 Å². The van der Waals surface area contributed by atoms with Gasteiger partial charge in [-0.3, -0.25) is 16.0 Å². The van der Waals surface area contributed by atoms with Crippen LogP contribution in [0.2, 0.25) is 0 Å². The van der Waals surface area contributed by atoms with E-state index in [2.05, 4.69) is 5.43 Å². The van der Waals surface area contributed by atoms with Gasteiger partial charge in [-0.1, -0.05) is 6.92 Å². The van der Waals surface area contributed by atoms with Crippen LogP contribution >= 0.6 is 11.8 Å². The van der Waals surface area contributed by atoms with Crippen LogP contribution in [0.4, 0.5) is 11.4 Å². The number of sulfonamides is 1. The lowest BCUT2D eigenvalue weighted by Gasteiger charge is -2.30. The van der Waals surface area contributed by atoms with Gasteiger partial charge in [0.2, 0.25) is 10.0 Å². The molecule has 1 aromatic rings. The Morgan fingerprint density at radius 3 is 2.81 bits per heavy atom. The fourth-order valence-corrected chi connectivity index (χ4v) is 5.00. The lowest BCUT2D eigenvalue weighted by atomic mass is 10.3. The van der Waals surface area contributed by atoms with Crippen molar-refractivity contribution in [3.8, 4) is 0 Å². The molecule has 2 rings (SSSR count). The number of hydrogen-bond donors (Lipinski definition) is 2. The number of anilines is 1. The van der Waals surface area contributed by atoms with Crippen LogP contribution in [0, 0.1) is 10.1 Å². The number of non-ortho nitro benzene ring substituents is 1. The predicted octanol–water partition coefficient (Wildman–Crippen LogP) is 1.01. The third-order valence-corrected chi connectivity index (χ3v) is 6.21. The Labute approximate surface area is 126 Å². The van der Waals surface area contributed by atoms with Gasteiger partial charge in [0.15, 0.2) is 0 Å². The first-order valence-corrected chi connectivity index (χ1v) is 8.72. The Balaban J connectivity index is 2.42. The minimum Gasteiger partial charge on any atom is -0.323 e. The predicted molar refractivity (Wildman–Crippen MR) is 81.6 cm³/mol. The maximum absolute atomic E-state index is 12.6. The summed E-state index contributed by atoms with van der Waals surface area (Å²) in [4.78, 5) is 10.1. The highest BCUT2D eigenvalue weighted by Crippen LogP contribution is 2.30. The molecule has 0 saturated carbocycles. The first kappa shape index (κ1) is 16.0. The highest BCUT2D eigenvalue weighted by atomic mass is 32.2. The molecule has 10 heteroatoms. The molecule has 1 heterocycles. The van der Waals surface area contributed by atoms with Gasteiger partial charge in [0.1, 0.15) is 4.90 Å². The highest BCUT2D eigenvalue weighted by molar-refractivity contribution is 8.00. The van der Waals surface area contributed by atoms with Crippen LogP contribution in [0.5, 0.6) is 0 Å². The SMILES string of the molecule is CC1CN(S(=O)(=O)c2ccc([N+](=O)[O-])cc2NN)CCS1. The molecule has 3 N–H and O–H groups in total. The van der Waals surface area contributed by atoms with E-state index < -0.39 is 14.9 Å². The van der Waals surface area contributed by atoms with Crippen LogP contribution in [0.25, 0.3) is 0 Å². The largest absolute Gasteiger partial charge is 0.323 e. The number of nitrogens with two attached hydrogens (primary N) is 1. The van der Waals surface area contributed by atoms with E-state index in [0.717, 1.165) is 17.9 Å². The molecule has 1 aliphatic heterocycles. The Kier molecular flexibility index (Phi) is 4.71. The maximum atomic E-state index is 12.6. The Bertz CT molecular complexity index is 650. The topological polar surface area (TPSA) is 119 Å². The lowest BCUT2D eigenvalue weighted by molar-refractivity contribution is -0.384. The van der Waals surface area contributed by atoms with E-state index in [1.165, 1.54) is 10.4 Å². The summed E-state index contributed by atoms with van der Waals surface area (Å²) in [6, 6.07) is 3.50. The average Bonchev–Trinajstić information content (AvgIpc) is 2.46. The zero-order chi connectivity index (χ0) is 15.6. The van der Waals surface area contributed by atoms with E-state index in [4.69, 9.17) is 5.84 Å². The van der Waals surface area contributed by atoms with Crippen molar-refractivity contribution in [2.75, 3.05) is 24.3 Å². The standard InChI is InChI=1S/C11H16N4O4S2/c1-8-7-14(4-5-20-8)21(18,19)11-3-2-9(15(16)17)6-10(11)13-12/h2-3,6,8,13H,4-5,7,12H2,1H3. The molecule has 0 amide bonds. The van der Waals surface area contributed by atoms with Crippen LogP contribution in [0.1, 0.15) is 6.92 Å². The average molecular weight is 332 g/mol. The van der Waals surface area contributed by atoms with Crippen molar-refractivity contribution < 1.29 is 13.3 Å². The normalized spacial score (nSPS) is 20.2. The molecule has 0 bridgehead atoms. The van der Waals surface area contributed by atoms with Crippen LogP contribution in [-0.4, -0.2) is 41.7 Å². The first-order valence-electron chi connectivity index (χ1n) is 6.23. The van der Waals surface area contributed by atoms with Crippen molar-refractivity contribution >= 4 is 33.2 Å². The van der Waals surface area contributed by atoms with Gasteiger partial charge < -0.3 is 5.43 Å². The lowest BCUT2D eigenvalue weighted by Crippen LogP contribution is -2.41. The molecule has 0 spiro atoms. The molecule has 0 aromatic heterocycles. The van der Waals surface area contributed by atoms with E-state index in [0.29, 0.717) is 13.1 Å². The molecule has 0 radical (unpaired) electrons. The third-order valence-electron chi connectivity index (χ3n) is 3.15. The third kappa shape index (κ3) is 3.28. The maximum Gasteiger partial charge on any atom is 0.271 e. The highest BCUT2D eigenvalue weighted by Gasteiger charge is 2.31. The summed E-state index contributed by atoms with van der Waals surface area (Å²) in [5.74, 6) is 6.03. The number of nitrogen functional groups attached to an aromatic ring is 1. The van der Waals surface area contributed by atoms with E-state index >= 15 is 0 Å². The summed E-state index contributed by atoms with van der Waals surface area (Å²) in [7, 11) is -3.73. The Morgan fingerprint density at radius 1 is 1.52 bits per heavy atom. The van der Waals surface area contributed by atoms with Crippen LogP contribution < -0.4 is 11.3 Å². The number of rotatable bonds is 4. The second-order valence-corrected chi connectivity index (χ2v) is 8.08. The molecular weight excluding hydrogens is 316 g/mol. The van der Waals surface area contributed by atoms with Gasteiger partial charge in [-0.25, -0.2) is 8.42 Å². The van der Waals surface area contributed by atoms with E-state index in [1.54, 1.807) is 11.8 Å². The van der Waals surface area contributed by atoms with Gasteiger partial charge in [-0.2, -0.15) is 16.1 Å². The zero-order valence-electron chi connectivity index (χ0n) is 11.4. The Morgan fingerprint density at radius 2 is 2.24 bits per heavy atom. The molecule has 1 saturated heterocycles.